The zero-order valence-electron chi connectivity index (χ0n) is 10.9. The monoisotopic (exact) mass is 234 g/mol. The highest BCUT2D eigenvalue weighted by Gasteiger charge is 2.24. The van der Waals surface area contributed by atoms with Crippen molar-refractivity contribution in [1.29, 1.82) is 0 Å². The van der Waals surface area contributed by atoms with Gasteiger partial charge in [0.1, 0.15) is 5.75 Å². The predicted octanol–water partition coefficient (Wildman–Crippen LogP) is 2.76. The summed E-state index contributed by atoms with van der Waals surface area (Å²) in [5.74, 6) is 2.29. The molecule has 1 saturated heterocycles. The van der Waals surface area contributed by atoms with Gasteiger partial charge in [-0.1, -0.05) is 19.9 Å². The second kappa shape index (κ2) is 4.86. The van der Waals surface area contributed by atoms with Crippen LogP contribution < -0.4 is 15.4 Å². The zero-order valence-corrected chi connectivity index (χ0v) is 10.9. The average molecular weight is 234 g/mol. The highest BCUT2D eigenvalue weighted by atomic mass is 16.5. The van der Waals surface area contributed by atoms with Crippen LogP contribution >= 0.6 is 0 Å². The van der Waals surface area contributed by atoms with Crippen LogP contribution in [0.3, 0.4) is 0 Å². The highest BCUT2D eigenvalue weighted by Crippen LogP contribution is 2.35. The summed E-state index contributed by atoms with van der Waals surface area (Å²) in [7, 11) is 1.66. The number of hydrogen-bond acceptors (Lipinski definition) is 3. The standard InChI is InChI=1S/C14H22N2O/c1-10-7-8-16(9-11(10)2)12-5-4-6-13(17-3)14(12)15/h4-6,10-11H,7-9,15H2,1-3H3. The SMILES string of the molecule is COc1cccc(N2CCC(C)C(C)C2)c1N. The molecule has 1 aliphatic heterocycles. The Hall–Kier alpha value is -1.38. The molecule has 2 rings (SSSR count). The smallest absolute Gasteiger partial charge is 0.143 e. The number of rotatable bonds is 2. The minimum Gasteiger partial charge on any atom is -0.495 e. The molecule has 2 unspecified atom stereocenters. The van der Waals surface area contributed by atoms with Gasteiger partial charge in [-0.2, -0.15) is 0 Å². The van der Waals surface area contributed by atoms with Crippen molar-refractivity contribution in [3.8, 4) is 5.75 Å². The van der Waals surface area contributed by atoms with E-state index in [9.17, 15) is 0 Å². The van der Waals surface area contributed by atoms with E-state index in [1.165, 1.54) is 6.42 Å². The lowest BCUT2D eigenvalue weighted by Crippen LogP contribution is -2.38. The number of hydrogen-bond donors (Lipinski definition) is 1. The first-order valence-electron chi connectivity index (χ1n) is 6.31. The molecule has 0 amide bonds. The van der Waals surface area contributed by atoms with E-state index in [1.807, 2.05) is 12.1 Å². The summed E-state index contributed by atoms with van der Waals surface area (Å²) in [6, 6.07) is 6.00. The molecule has 1 aromatic carbocycles. The minimum atomic E-state index is 0.717. The molecule has 2 N–H and O–H groups in total. The quantitative estimate of drug-likeness (QED) is 0.800. The van der Waals surface area contributed by atoms with E-state index in [4.69, 9.17) is 10.5 Å². The predicted molar refractivity (Wildman–Crippen MR) is 72.6 cm³/mol. The Morgan fingerprint density at radius 3 is 2.71 bits per heavy atom. The molecule has 0 radical (unpaired) electrons. The van der Waals surface area contributed by atoms with Crippen LogP contribution in [0.2, 0.25) is 0 Å². The number of anilines is 2. The van der Waals surface area contributed by atoms with Gasteiger partial charge in [0.15, 0.2) is 0 Å². The Morgan fingerprint density at radius 2 is 2.06 bits per heavy atom. The Balaban J connectivity index is 2.23. The number of nitrogen functional groups attached to an aromatic ring is 1. The Kier molecular flexibility index (Phi) is 3.46. The van der Waals surface area contributed by atoms with Crippen molar-refractivity contribution >= 4 is 11.4 Å². The van der Waals surface area contributed by atoms with E-state index in [0.29, 0.717) is 5.92 Å². The lowest BCUT2D eigenvalue weighted by molar-refractivity contribution is 0.324. The van der Waals surface area contributed by atoms with Gasteiger partial charge >= 0.3 is 0 Å². The summed E-state index contributed by atoms with van der Waals surface area (Å²) in [4.78, 5) is 2.38. The van der Waals surface area contributed by atoms with Gasteiger partial charge in [0.05, 0.1) is 18.5 Å². The molecule has 1 fully saturated rings. The first kappa shape index (κ1) is 12.1. The highest BCUT2D eigenvalue weighted by molar-refractivity contribution is 5.74. The molecule has 17 heavy (non-hydrogen) atoms. The van der Waals surface area contributed by atoms with Crippen LogP contribution in [-0.2, 0) is 0 Å². The summed E-state index contributed by atoms with van der Waals surface area (Å²) in [5.41, 5.74) is 8.01. The minimum absolute atomic E-state index is 0.717. The molecule has 0 aromatic heterocycles. The van der Waals surface area contributed by atoms with Gasteiger partial charge in [0, 0.05) is 13.1 Å². The molecule has 0 bridgehead atoms. The van der Waals surface area contributed by atoms with E-state index < -0.39 is 0 Å². The molecule has 94 valence electrons. The summed E-state index contributed by atoms with van der Waals surface area (Å²) in [5, 5.41) is 0. The molecule has 3 nitrogen and oxygen atoms in total. The Labute approximate surface area is 104 Å². The van der Waals surface area contributed by atoms with E-state index >= 15 is 0 Å². The first-order valence-corrected chi connectivity index (χ1v) is 6.31. The lowest BCUT2D eigenvalue weighted by Gasteiger charge is -2.37. The third-order valence-corrected chi connectivity index (χ3v) is 3.94. The van der Waals surface area contributed by atoms with Crippen molar-refractivity contribution in [3.05, 3.63) is 18.2 Å². The van der Waals surface area contributed by atoms with Crippen LogP contribution in [0, 0.1) is 11.8 Å². The molecule has 3 heteroatoms. The van der Waals surface area contributed by atoms with E-state index in [2.05, 4.69) is 24.8 Å². The summed E-state index contributed by atoms with van der Waals surface area (Å²) in [6.07, 6.45) is 1.23. The zero-order chi connectivity index (χ0) is 12.4. The first-order chi connectivity index (χ1) is 8.13. The molecule has 0 aliphatic carbocycles. The molecule has 2 atom stereocenters. The van der Waals surface area contributed by atoms with Crippen molar-refractivity contribution in [2.75, 3.05) is 30.8 Å². The fourth-order valence-corrected chi connectivity index (χ4v) is 2.47. The Morgan fingerprint density at radius 1 is 1.29 bits per heavy atom. The van der Waals surface area contributed by atoms with Gasteiger partial charge in [-0.05, 0) is 30.4 Å². The number of piperidine rings is 1. The van der Waals surface area contributed by atoms with Crippen molar-refractivity contribution in [1.82, 2.24) is 0 Å². The summed E-state index contributed by atoms with van der Waals surface area (Å²) in [6.45, 7) is 6.81. The van der Waals surface area contributed by atoms with E-state index in [1.54, 1.807) is 7.11 Å². The van der Waals surface area contributed by atoms with E-state index in [0.717, 1.165) is 36.1 Å². The van der Waals surface area contributed by atoms with Crippen LogP contribution in [-0.4, -0.2) is 20.2 Å². The third kappa shape index (κ3) is 2.33. The van der Waals surface area contributed by atoms with Crippen molar-refractivity contribution in [2.45, 2.75) is 20.3 Å². The number of benzene rings is 1. The molecule has 1 aromatic rings. The van der Waals surface area contributed by atoms with Crippen molar-refractivity contribution in [3.63, 3.8) is 0 Å². The van der Waals surface area contributed by atoms with Gasteiger partial charge < -0.3 is 15.4 Å². The fraction of sp³-hybridized carbons (Fsp3) is 0.571. The van der Waals surface area contributed by atoms with Crippen LogP contribution in [0.5, 0.6) is 5.75 Å². The molecule has 1 heterocycles. The van der Waals surface area contributed by atoms with E-state index in [-0.39, 0.29) is 0 Å². The van der Waals surface area contributed by atoms with Crippen molar-refractivity contribution in [2.24, 2.45) is 11.8 Å². The maximum atomic E-state index is 6.14. The number of ether oxygens (including phenoxy) is 1. The Bertz CT molecular complexity index is 392. The van der Waals surface area contributed by atoms with Gasteiger partial charge in [-0.25, -0.2) is 0 Å². The summed E-state index contributed by atoms with van der Waals surface area (Å²) < 4.78 is 5.27. The number of methoxy groups -OCH3 is 1. The lowest BCUT2D eigenvalue weighted by atomic mass is 9.88. The second-order valence-corrected chi connectivity index (χ2v) is 5.08. The third-order valence-electron chi connectivity index (χ3n) is 3.94. The molecular weight excluding hydrogens is 212 g/mol. The number of para-hydroxylation sites is 1. The molecule has 0 saturated carbocycles. The van der Waals surface area contributed by atoms with Crippen LogP contribution in [0.25, 0.3) is 0 Å². The molecular formula is C14H22N2O. The number of nitrogens with zero attached hydrogens (tertiary/aromatic N) is 1. The average Bonchev–Trinajstić information content (AvgIpc) is 2.33. The normalized spacial score (nSPS) is 24.8. The second-order valence-electron chi connectivity index (χ2n) is 5.08. The van der Waals surface area contributed by atoms with Crippen LogP contribution in [0.1, 0.15) is 20.3 Å². The van der Waals surface area contributed by atoms with Crippen molar-refractivity contribution < 1.29 is 4.74 Å². The number of nitrogens with two attached hydrogens (primary N) is 1. The topological polar surface area (TPSA) is 38.5 Å². The van der Waals surface area contributed by atoms with Gasteiger partial charge in [-0.15, -0.1) is 0 Å². The van der Waals surface area contributed by atoms with Gasteiger partial charge in [0.2, 0.25) is 0 Å². The largest absolute Gasteiger partial charge is 0.495 e. The maximum Gasteiger partial charge on any atom is 0.143 e. The molecule has 0 spiro atoms. The fourth-order valence-electron chi connectivity index (χ4n) is 2.47. The molecule has 1 aliphatic rings. The van der Waals surface area contributed by atoms with Gasteiger partial charge in [-0.3, -0.25) is 0 Å². The summed E-state index contributed by atoms with van der Waals surface area (Å²) >= 11 is 0. The van der Waals surface area contributed by atoms with Crippen LogP contribution in [0.4, 0.5) is 11.4 Å². The van der Waals surface area contributed by atoms with Gasteiger partial charge in [0.25, 0.3) is 0 Å². The van der Waals surface area contributed by atoms with Crippen LogP contribution in [0.15, 0.2) is 18.2 Å². The maximum absolute atomic E-state index is 6.14.